The van der Waals surface area contributed by atoms with Gasteiger partial charge in [0, 0.05) is 5.69 Å². The monoisotopic (exact) mass is 477 g/mol. The van der Waals surface area contributed by atoms with Gasteiger partial charge in [0.2, 0.25) is 5.91 Å². The van der Waals surface area contributed by atoms with Gasteiger partial charge in [0.05, 0.1) is 18.4 Å². The maximum absolute atomic E-state index is 13.1. The summed E-state index contributed by atoms with van der Waals surface area (Å²) in [5.74, 6) is -0.401. The standard InChI is InChI=1S/C30H39NO4/c1-3-35-28-14-8-13-24(20(28)2)25-18-17-23(19-22(25)16-15-21-9-4-5-10-21)31-29(32)26-11-6-7-12-27(26)30(33)34/h8,13-14,17-19,21,26-27H,3-7,9-12,15-16H2,1-2H3,(H,31,32)(H,33,34)/t26-,27+/m0/s1. The van der Waals surface area contributed by atoms with Gasteiger partial charge >= 0.3 is 5.97 Å². The molecule has 2 aromatic rings. The predicted molar refractivity (Wildman–Crippen MR) is 140 cm³/mol. The molecule has 0 spiro atoms. The summed E-state index contributed by atoms with van der Waals surface area (Å²) in [6.45, 7) is 4.73. The van der Waals surface area contributed by atoms with E-state index >= 15 is 0 Å². The number of rotatable bonds is 9. The van der Waals surface area contributed by atoms with Crippen molar-refractivity contribution in [1.29, 1.82) is 0 Å². The number of carboxylic acid groups (broad SMARTS) is 1. The van der Waals surface area contributed by atoms with Crippen molar-refractivity contribution in [2.75, 3.05) is 11.9 Å². The van der Waals surface area contributed by atoms with Crippen molar-refractivity contribution in [3.05, 3.63) is 47.5 Å². The number of nitrogens with one attached hydrogen (secondary N) is 1. The third-order valence-electron chi connectivity index (χ3n) is 7.96. The van der Waals surface area contributed by atoms with Gasteiger partial charge in [0.25, 0.3) is 0 Å². The van der Waals surface area contributed by atoms with Gasteiger partial charge in [-0.05, 0) is 85.9 Å². The number of anilines is 1. The van der Waals surface area contributed by atoms with Gasteiger partial charge in [-0.15, -0.1) is 0 Å². The van der Waals surface area contributed by atoms with Gasteiger partial charge < -0.3 is 15.2 Å². The molecule has 2 N–H and O–H groups in total. The lowest BCUT2D eigenvalue weighted by Crippen LogP contribution is -2.36. The first kappa shape index (κ1) is 25.3. The van der Waals surface area contributed by atoms with Crippen molar-refractivity contribution in [3.8, 4) is 16.9 Å². The van der Waals surface area contributed by atoms with E-state index in [1.54, 1.807) is 0 Å². The maximum Gasteiger partial charge on any atom is 0.307 e. The van der Waals surface area contributed by atoms with Crippen LogP contribution in [-0.4, -0.2) is 23.6 Å². The van der Waals surface area contributed by atoms with Crippen molar-refractivity contribution in [2.45, 2.75) is 78.1 Å². The van der Waals surface area contributed by atoms with Crippen LogP contribution in [0.1, 0.15) is 75.8 Å². The molecule has 188 valence electrons. The first-order valence-electron chi connectivity index (χ1n) is 13.4. The Bertz CT molecular complexity index is 1040. The van der Waals surface area contributed by atoms with Gasteiger partial charge in [-0.25, -0.2) is 0 Å². The second kappa shape index (κ2) is 11.7. The van der Waals surface area contributed by atoms with E-state index in [2.05, 4.69) is 30.4 Å². The number of hydrogen-bond acceptors (Lipinski definition) is 3. The number of aryl methyl sites for hydroxylation is 1. The Morgan fingerprint density at radius 1 is 0.971 bits per heavy atom. The number of carbonyl (C=O) groups is 2. The Hall–Kier alpha value is -2.82. The number of amides is 1. The van der Waals surface area contributed by atoms with E-state index in [0.29, 0.717) is 19.4 Å². The highest BCUT2D eigenvalue weighted by Gasteiger charge is 2.35. The largest absolute Gasteiger partial charge is 0.494 e. The average Bonchev–Trinajstić information content (AvgIpc) is 3.38. The van der Waals surface area contributed by atoms with Crippen LogP contribution < -0.4 is 10.1 Å². The van der Waals surface area contributed by atoms with Crippen LogP contribution in [0.3, 0.4) is 0 Å². The Balaban J connectivity index is 1.61. The van der Waals surface area contributed by atoms with Crippen LogP contribution in [0.15, 0.2) is 36.4 Å². The lowest BCUT2D eigenvalue weighted by molar-refractivity contribution is -0.147. The van der Waals surface area contributed by atoms with Crippen LogP contribution in [0.2, 0.25) is 0 Å². The zero-order valence-corrected chi connectivity index (χ0v) is 21.1. The van der Waals surface area contributed by atoms with Crippen LogP contribution in [0.4, 0.5) is 5.69 Å². The summed E-state index contributed by atoms with van der Waals surface area (Å²) in [4.78, 5) is 24.8. The zero-order chi connectivity index (χ0) is 24.8. The first-order valence-corrected chi connectivity index (χ1v) is 13.4. The molecule has 5 nitrogen and oxygen atoms in total. The van der Waals surface area contributed by atoms with Crippen molar-refractivity contribution in [3.63, 3.8) is 0 Å². The SMILES string of the molecule is CCOc1cccc(-c2ccc(NC(=O)[C@H]3CCCC[C@H]3C(=O)O)cc2CCC2CCCC2)c1C. The molecule has 5 heteroatoms. The fraction of sp³-hybridized carbons (Fsp3) is 0.533. The Morgan fingerprint density at radius 3 is 2.40 bits per heavy atom. The minimum absolute atomic E-state index is 0.166. The summed E-state index contributed by atoms with van der Waals surface area (Å²) >= 11 is 0. The lowest BCUT2D eigenvalue weighted by Gasteiger charge is -2.27. The average molecular weight is 478 g/mol. The molecule has 2 fully saturated rings. The van der Waals surface area contributed by atoms with E-state index in [9.17, 15) is 14.7 Å². The third kappa shape index (κ3) is 6.06. The van der Waals surface area contributed by atoms with Crippen LogP contribution >= 0.6 is 0 Å². The van der Waals surface area contributed by atoms with Gasteiger partial charge in [0.15, 0.2) is 0 Å². The van der Waals surface area contributed by atoms with Crippen LogP contribution in [0, 0.1) is 24.7 Å². The fourth-order valence-electron chi connectivity index (χ4n) is 5.99. The maximum atomic E-state index is 13.1. The first-order chi connectivity index (χ1) is 17.0. The number of carboxylic acids is 1. The van der Waals surface area contributed by atoms with E-state index < -0.39 is 17.8 Å². The molecular weight excluding hydrogens is 438 g/mol. The molecule has 4 rings (SSSR count). The highest BCUT2D eigenvalue weighted by molar-refractivity contribution is 5.95. The number of benzene rings is 2. The van der Waals surface area contributed by atoms with Gasteiger partial charge in [-0.3, -0.25) is 9.59 Å². The summed E-state index contributed by atoms with van der Waals surface area (Å²) in [7, 11) is 0. The Kier molecular flexibility index (Phi) is 8.48. The van der Waals surface area contributed by atoms with E-state index in [1.165, 1.54) is 36.8 Å². The highest BCUT2D eigenvalue weighted by Crippen LogP contribution is 2.37. The van der Waals surface area contributed by atoms with Gasteiger partial charge in [-0.2, -0.15) is 0 Å². The lowest BCUT2D eigenvalue weighted by atomic mass is 9.78. The van der Waals surface area contributed by atoms with Crippen molar-refractivity contribution in [1.82, 2.24) is 0 Å². The number of hydrogen-bond donors (Lipinski definition) is 2. The molecule has 0 bridgehead atoms. The zero-order valence-electron chi connectivity index (χ0n) is 21.1. The van der Waals surface area contributed by atoms with Crippen LogP contribution in [0.25, 0.3) is 11.1 Å². The molecule has 0 saturated heterocycles. The molecule has 2 aliphatic carbocycles. The second-order valence-electron chi connectivity index (χ2n) is 10.2. The number of aliphatic carboxylic acids is 1. The third-order valence-corrected chi connectivity index (χ3v) is 7.96. The van der Waals surface area contributed by atoms with Crippen molar-refractivity contribution >= 4 is 17.6 Å². The molecular formula is C30H39NO4. The molecule has 0 radical (unpaired) electrons. The minimum Gasteiger partial charge on any atom is -0.494 e. The van der Waals surface area contributed by atoms with E-state index in [4.69, 9.17) is 4.74 Å². The summed E-state index contributed by atoms with van der Waals surface area (Å²) in [6, 6.07) is 12.4. The molecule has 0 unspecified atom stereocenters. The molecule has 0 heterocycles. The molecule has 1 amide bonds. The molecule has 2 saturated carbocycles. The molecule has 2 atom stereocenters. The summed E-state index contributed by atoms with van der Waals surface area (Å²) in [5, 5.41) is 12.7. The quantitative estimate of drug-likeness (QED) is 0.407. The van der Waals surface area contributed by atoms with E-state index in [0.717, 1.165) is 54.2 Å². The van der Waals surface area contributed by atoms with Crippen LogP contribution in [0.5, 0.6) is 5.75 Å². The van der Waals surface area contributed by atoms with E-state index in [-0.39, 0.29) is 5.91 Å². The van der Waals surface area contributed by atoms with Crippen molar-refractivity contribution in [2.24, 2.45) is 17.8 Å². The molecule has 0 aliphatic heterocycles. The highest BCUT2D eigenvalue weighted by atomic mass is 16.5. The van der Waals surface area contributed by atoms with Gasteiger partial charge in [0.1, 0.15) is 5.75 Å². The topological polar surface area (TPSA) is 75.6 Å². The summed E-state index contributed by atoms with van der Waals surface area (Å²) < 4.78 is 5.85. The Morgan fingerprint density at radius 2 is 1.69 bits per heavy atom. The second-order valence-corrected chi connectivity index (χ2v) is 10.2. The van der Waals surface area contributed by atoms with Crippen LogP contribution in [-0.2, 0) is 16.0 Å². The summed E-state index contributed by atoms with van der Waals surface area (Å²) in [6.07, 6.45) is 10.4. The minimum atomic E-state index is -0.859. The van der Waals surface area contributed by atoms with E-state index in [1.807, 2.05) is 25.1 Å². The normalized spacial score (nSPS) is 20.5. The predicted octanol–water partition coefficient (Wildman–Crippen LogP) is 7.01. The molecule has 35 heavy (non-hydrogen) atoms. The smallest absolute Gasteiger partial charge is 0.307 e. The number of carbonyl (C=O) groups excluding carboxylic acids is 1. The molecule has 0 aromatic heterocycles. The Labute approximate surface area is 209 Å². The molecule has 2 aliphatic rings. The molecule has 2 aromatic carbocycles. The van der Waals surface area contributed by atoms with Crippen molar-refractivity contribution < 1.29 is 19.4 Å². The summed E-state index contributed by atoms with van der Waals surface area (Å²) in [5.41, 5.74) is 5.45. The number of ether oxygens (including phenoxy) is 1. The fourth-order valence-corrected chi connectivity index (χ4v) is 5.99. The van der Waals surface area contributed by atoms with Gasteiger partial charge in [-0.1, -0.05) is 56.7 Å².